The van der Waals surface area contributed by atoms with Crippen LogP contribution in [-0.2, 0) is 6.42 Å². The second kappa shape index (κ2) is 6.23. The molecule has 0 aliphatic carbocycles. The number of benzene rings is 1. The summed E-state index contributed by atoms with van der Waals surface area (Å²) in [4.78, 5) is 4.27. The van der Waals surface area contributed by atoms with Crippen LogP contribution in [0.25, 0.3) is 0 Å². The average molecular weight is 255 g/mol. The van der Waals surface area contributed by atoms with Crippen LogP contribution in [0.4, 0.5) is 17.2 Å². The van der Waals surface area contributed by atoms with Crippen molar-refractivity contribution in [1.29, 1.82) is 0 Å². The molecule has 0 saturated heterocycles. The highest BCUT2D eigenvalue weighted by Gasteiger charge is 2.03. The molecule has 0 fully saturated rings. The molecule has 0 unspecified atom stereocenters. The zero-order chi connectivity index (χ0) is 13.7. The van der Waals surface area contributed by atoms with Crippen LogP contribution in [0.3, 0.4) is 0 Å². The highest BCUT2D eigenvalue weighted by Crippen LogP contribution is 2.23. The van der Waals surface area contributed by atoms with Crippen molar-refractivity contribution in [3.8, 4) is 0 Å². The topological polar surface area (TPSA) is 50.9 Å². The number of aryl methyl sites for hydroxylation is 2. The largest absolute Gasteiger partial charge is 0.396 e. The molecule has 0 aliphatic heterocycles. The number of unbranched alkanes of at least 4 members (excludes halogenated alkanes) is 1. The van der Waals surface area contributed by atoms with E-state index in [1.54, 1.807) is 6.20 Å². The first-order valence-corrected chi connectivity index (χ1v) is 6.77. The van der Waals surface area contributed by atoms with Gasteiger partial charge in [0.05, 0.1) is 5.69 Å². The maximum atomic E-state index is 6.00. The lowest BCUT2D eigenvalue weighted by molar-refractivity contribution is 0.795. The minimum atomic E-state index is 0.706. The molecule has 1 aromatic heterocycles. The van der Waals surface area contributed by atoms with Crippen LogP contribution in [0.2, 0.25) is 0 Å². The number of anilines is 3. The summed E-state index contributed by atoms with van der Waals surface area (Å²) in [5, 5.41) is 3.26. The van der Waals surface area contributed by atoms with Crippen LogP contribution in [-0.4, -0.2) is 4.98 Å². The van der Waals surface area contributed by atoms with E-state index in [4.69, 9.17) is 5.73 Å². The summed E-state index contributed by atoms with van der Waals surface area (Å²) in [6.07, 6.45) is 5.37. The van der Waals surface area contributed by atoms with E-state index < -0.39 is 0 Å². The Balaban J connectivity index is 2.09. The number of hydrogen-bond acceptors (Lipinski definition) is 3. The molecule has 1 aromatic carbocycles. The second-order valence-corrected chi connectivity index (χ2v) is 4.82. The molecule has 2 rings (SSSR count). The summed E-state index contributed by atoms with van der Waals surface area (Å²) in [5.41, 5.74) is 10.1. The van der Waals surface area contributed by atoms with Gasteiger partial charge in [0, 0.05) is 11.9 Å². The number of rotatable bonds is 5. The third-order valence-electron chi connectivity index (χ3n) is 3.24. The van der Waals surface area contributed by atoms with Crippen molar-refractivity contribution in [2.24, 2.45) is 0 Å². The fraction of sp³-hybridized carbons (Fsp3) is 0.312. The summed E-state index contributed by atoms with van der Waals surface area (Å²) in [7, 11) is 0. The second-order valence-electron chi connectivity index (χ2n) is 4.82. The monoisotopic (exact) mass is 255 g/mol. The van der Waals surface area contributed by atoms with Crippen molar-refractivity contribution in [2.45, 2.75) is 33.1 Å². The molecule has 0 saturated carbocycles. The minimum absolute atomic E-state index is 0.706. The van der Waals surface area contributed by atoms with Gasteiger partial charge in [0.1, 0.15) is 0 Å². The summed E-state index contributed by atoms with van der Waals surface area (Å²) < 4.78 is 0. The van der Waals surface area contributed by atoms with Crippen molar-refractivity contribution in [1.82, 2.24) is 4.98 Å². The van der Waals surface area contributed by atoms with E-state index in [1.807, 2.05) is 13.0 Å². The fourth-order valence-corrected chi connectivity index (χ4v) is 1.94. The fourth-order valence-electron chi connectivity index (χ4n) is 1.94. The third-order valence-corrected chi connectivity index (χ3v) is 3.24. The lowest BCUT2D eigenvalue weighted by Crippen LogP contribution is -2.00. The van der Waals surface area contributed by atoms with Gasteiger partial charge in [0.25, 0.3) is 0 Å². The van der Waals surface area contributed by atoms with Gasteiger partial charge in [0.2, 0.25) is 0 Å². The smallest absolute Gasteiger partial charge is 0.153 e. The summed E-state index contributed by atoms with van der Waals surface area (Å²) >= 11 is 0. The first kappa shape index (κ1) is 13.4. The highest BCUT2D eigenvalue weighted by atomic mass is 15.0. The Morgan fingerprint density at radius 1 is 1.16 bits per heavy atom. The molecule has 0 aliphatic rings. The molecule has 2 aromatic rings. The number of nitrogen functional groups attached to an aromatic ring is 1. The zero-order valence-electron chi connectivity index (χ0n) is 11.6. The average Bonchev–Trinajstić information content (AvgIpc) is 2.43. The van der Waals surface area contributed by atoms with Gasteiger partial charge in [-0.05, 0) is 49.1 Å². The van der Waals surface area contributed by atoms with Gasteiger partial charge in [-0.3, -0.25) is 0 Å². The molecule has 19 heavy (non-hydrogen) atoms. The van der Waals surface area contributed by atoms with E-state index >= 15 is 0 Å². The van der Waals surface area contributed by atoms with Crippen molar-refractivity contribution in [3.05, 3.63) is 47.7 Å². The van der Waals surface area contributed by atoms with E-state index in [0.717, 1.165) is 23.5 Å². The molecule has 0 amide bonds. The van der Waals surface area contributed by atoms with Gasteiger partial charge in [-0.1, -0.05) is 25.5 Å². The molecule has 3 heteroatoms. The van der Waals surface area contributed by atoms with Gasteiger partial charge >= 0.3 is 0 Å². The SMILES string of the molecule is CCCCc1ccc(Nc2nccc(C)c2N)cc1. The Morgan fingerprint density at radius 2 is 1.89 bits per heavy atom. The Bertz CT molecular complexity index is 532. The van der Waals surface area contributed by atoms with Crippen LogP contribution >= 0.6 is 0 Å². The van der Waals surface area contributed by atoms with Crippen LogP contribution < -0.4 is 11.1 Å². The van der Waals surface area contributed by atoms with Crippen molar-refractivity contribution in [2.75, 3.05) is 11.1 Å². The molecule has 100 valence electrons. The van der Waals surface area contributed by atoms with Crippen LogP contribution in [0.15, 0.2) is 36.5 Å². The predicted octanol–water partition coefficient (Wildman–Crippen LogP) is 4.06. The maximum Gasteiger partial charge on any atom is 0.153 e. The molecule has 3 N–H and O–H groups in total. The summed E-state index contributed by atoms with van der Waals surface area (Å²) in [6, 6.07) is 10.4. The van der Waals surface area contributed by atoms with Gasteiger partial charge in [0.15, 0.2) is 5.82 Å². The normalized spacial score (nSPS) is 10.4. The van der Waals surface area contributed by atoms with E-state index in [9.17, 15) is 0 Å². The van der Waals surface area contributed by atoms with E-state index in [2.05, 4.69) is 41.5 Å². The van der Waals surface area contributed by atoms with Gasteiger partial charge < -0.3 is 11.1 Å². The van der Waals surface area contributed by atoms with Crippen molar-refractivity contribution >= 4 is 17.2 Å². The van der Waals surface area contributed by atoms with Crippen molar-refractivity contribution in [3.63, 3.8) is 0 Å². The first-order chi connectivity index (χ1) is 9.20. The molecule has 1 heterocycles. The third kappa shape index (κ3) is 3.47. The Kier molecular flexibility index (Phi) is 4.39. The number of aromatic nitrogens is 1. The maximum absolute atomic E-state index is 6.00. The Morgan fingerprint density at radius 3 is 2.58 bits per heavy atom. The molecule has 0 radical (unpaired) electrons. The number of pyridine rings is 1. The number of nitrogens with one attached hydrogen (secondary N) is 1. The van der Waals surface area contributed by atoms with Crippen LogP contribution in [0.1, 0.15) is 30.9 Å². The first-order valence-electron chi connectivity index (χ1n) is 6.77. The number of nitrogens with zero attached hydrogens (tertiary/aromatic N) is 1. The summed E-state index contributed by atoms with van der Waals surface area (Å²) in [5.74, 6) is 0.723. The van der Waals surface area contributed by atoms with Gasteiger partial charge in [-0.2, -0.15) is 0 Å². The predicted molar refractivity (Wildman–Crippen MR) is 81.7 cm³/mol. The van der Waals surface area contributed by atoms with Crippen LogP contribution in [0.5, 0.6) is 0 Å². The minimum Gasteiger partial charge on any atom is -0.396 e. The molecular formula is C16H21N3. The standard InChI is InChI=1S/C16H21N3/c1-3-4-5-13-6-8-14(9-7-13)19-16-15(17)12(2)10-11-18-16/h6-11H,3-5,17H2,1-2H3,(H,18,19). The number of hydrogen-bond donors (Lipinski definition) is 2. The van der Waals surface area contributed by atoms with E-state index in [-0.39, 0.29) is 0 Å². The van der Waals surface area contributed by atoms with Gasteiger partial charge in [-0.25, -0.2) is 4.98 Å². The highest BCUT2D eigenvalue weighted by molar-refractivity contribution is 5.71. The van der Waals surface area contributed by atoms with Crippen molar-refractivity contribution < 1.29 is 0 Å². The summed E-state index contributed by atoms with van der Waals surface area (Å²) in [6.45, 7) is 4.19. The van der Waals surface area contributed by atoms with E-state index in [0.29, 0.717) is 5.69 Å². The van der Waals surface area contributed by atoms with Crippen LogP contribution in [0, 0.1) is 6.92 Å². The quantitative estimate of drug-likeness (QED) is 0.847. The lowest BCUT2D eigenvalue weighted by atomic mass is 10.1. The molecule has 0 atom stereocenters. The Hall–Kier alpha value is -2.03. The number of nitrogens with two attached hydrogens (primary N) is 1. The molecule has 3 nitrogen and oxygen atoms in total. The molecule has 0 spiro atoms. The molecule has 0 bridgehead atoms. The zero-order valence-corrected chi connectivity index (χ0v) is 11.6. The van der Waals surface area contributed by atoms with Gasteiger partial charge in [-0.15, -0.1) is 0 Å². The van der Waals surface area contributed by atoms with E-state index in [1.165, 1.54) is 18.4 Å². The lowest BCUT2D eigenvalue weighted by Gasteiger charge is -2.10. The molecular weight excluding hydrogens is 234 g/mol. The Labute approximate surface area is 114 Å².